The molecule has 2 aromatic carbocycles. The van der Waals surface area contributed by atoms with Crippen LogP contribution in [-0.4, -0.2) is 30.2 Å². The highest BCUT2D eigenvalue weighted by atomic mass is 16.5. The summed E-state index contributed by atoms with van der Waals surface area (Å²) in [6.45, 7) is 12.0. The van der Waals surface area contributed by atoms with Gasteiger partial charge in [-0.05, 0) is 95.1 Å². The first kappa shape index (κ1) is 25.0. The Balaban J connectivity index is 1.84. The lowest BCUT2D eigenvalue weighted by Crippen LogP contribution is -2.24. The third-order valence-electron chi connectivity index (χ3n) is 6.57. The molecule has 4 rings (SSSR count). The molecule has 0 fully saturated rings. The molecule has 0 saturated heterocycles. The number of aromatic nitrogens is 1. The quantitative estimate of drug-likeness (QED) is 0.319. The van der Waals surface area contributed by atoms with Crippen LogP contribution in [0.15, 0.2) is 65.4 Å². The van der Waals surface area contributed by atoms with Crippen molar-refractivity contribution in [3.05, 3.63) is 93.5 Å². The van der Waals surface area contributed by atoms with E-state index in [1.807, 2.05) is 26.0 Å². The molecule has 2 heterocycles. The van der Waals surface area contributed by atoms with Gasteiger partial charge >= 0.3 is 5.97 Å². The first-order valence-electron chi connectivity index (χ1n) is 12.0. The van der Waals surface area contributed by atoms with Crippen molar-refractivity contribution >= 4 is 23.6 Å². The van der Waals surface area contributed by atoms with E-state index in [4.69, 9.17) is 9.47 Å². The Hall–Kier alpha value is -4.06. The van der Waals surface area contributed by atoms with Crippen molar-refractivity contribution in [1.29, 1.82) is 0 Å². The molecule has 0 radical (unpaired) electrons. The molecule has 1 amide bonds. The number of carbonyl (C=O) groups is 2. The largest absolute Gasteiger partial charge is 0.497 e. The molecule has 0 spiro atoms. The molecule has 36 heavy (non-hydrogen) atoms. The number of rotatable bonds is 6. The number of anilines is 1. The van der Waals surface area contributed by atoms with Crippen LogP contribution in [0.4, 0.5) is 5.69 Å². The van der Waals surface area contributed by atoms with E-state index in [0.717, 1.165) is 22.6 Å². The average Bonchev–Trinajstić information content (AvgIpc) is 3.25. The lowest BCUT2D eigenvalue weighted by Gasteiger charge is -2.18. The summed E-state index contributed by atoms with van der Waals surface area (Å²) in [5.74, 6) is -0.0851. The topological polar surface area (TPSA) is 60.8 Å². The van der Waals surface area contributed by atoms with Gasteiger partial charge in [-0.1, -0.05) is 17.7 Å². The van der Waals surface area contributed by atoms with E-state index in [1.165, 1.54) is 11.1 Å². The zero-order valence-corrected chi connectivity index (χ0v) is 21.9. The molecule has 6 nitrogen and oxygen atoms in total. The molecule has 1 aromatic heterocycles. The van der Waals surface area contributed by atoms with Crippen LogP contribution >= 0.6 is 0 Å². The van der Waals surface area contributed by atoms with Gasteiger partial charge in [0.2, 0.25) is 0 Å². The van der Waals surface area contributed by atoms with Crippen molar-refractivity contribution in [2.24, 2.45) is 0 Å². The summed E-state index contributed by atoms with van der Waals surface area (Å²) >= 11 is 0. The highest BCUT2D eigenvalue weighted by Gasteiger charge is 2.38. The maximum atomic E-state index is 13.7. The van der Waals surface area contributed by atoms with Crippen molar-refractivity contribution in [1.82, 2.24) is 4.57 Å². The Bertz CT molecular complexity index is 1410. The predicted molar refractivity (Wildman–Crippen MR) is 143 cm³/mol. The van der Waals surface area contributed by atoms with Crippen molar-refractivity contribution in [3.63, 3.8) is 0 Å². The third-order valence-corrected chi connectivity index (χ3v) is 6.57. The minimum atomic E-state index is -0.506. The van der Waals surface area contributed by atoms with Gasteiger partial charge in [-0.3, -0.25) is 9.69 Å². The molecule has 0 saturated carbocycles. The minimum Gasteiger partial charge on any atom is -0.497 e. The second-order valence-corrected chi connectivity index (χ2v) is 9.03. The van der Waals surface area contributed by atoms with Crippen LogP contribution in [0.1, 0.15) is 41.9 Å². The number of benzene rings is 2. The summed E-state index contributed by atoms with van der Waals surface area (Å²) in [6.07, 6.45) is 1.81. The minimum absolute atomic E-state index is 0.223. The van der Waals surface area contributed by atoms with Gasteiger partial charge in [-0.2, -0.15) is 0 Å². The molecule has 0 bridgehead atoms. The van der Waals surface area contributed by atoms with Gasteiger partial charge in [-0.25, -0.2) is 4.79 Å². The monoisotopic (exact) mass is 484 g/mol. The fourth-order valence-electron chi connectivity index (χ4n) is 4.84. The maximum Gasteiger partial charge on any atom is 0.340 e. The molecule has 186 valence electrons. The highest BCUT2D eigenvalue weighted by molar-refractivity contribution is 6.23. The maximum absolute atomic E-state index is 13.7. The normalized spacial score (nSPS) is 14.7. The SMILES string of the molecule is CCOC(=O)C1=C(C)N(c2ccc(OC)cc2)C(=O)/C1=C/c1cc(C)n(-c2ccc(C)cc2C)c1C. The number of allylic oxidation sites excluding steroid dienone is 1. The number of carbonyl (C=O) groups excluding carboxylic acids is 2. The zero-order valence-electron chi connectivity index (χ0n) is 21.9. The Morgan fingerprint density at radius 1 is 0.972 bits per heavy atom. The van der Waals surface area contributed by atoms with Crippen LogP contribution in [-0.2, 0) is 14.3 Å². The van der Waals surface area contributed by atoms with Gasteiger partial charge in [0, 0.05) is 28.5 Å². The Morgan fingerprint density at radius 2 is 1.67 bits per heavy atom. The average molecular weight is 485 g/mol. The van der Waals surface area contributed by atoms with Crippen LogP contribution in [0.2, 0.25) is 0 Å². The second-order valence-electron chi connectivity index (χ2n) is 9.03. The molecule has 0 unspecified atom stereocenters. The van der Waals surface area contributed by atoms with E-state index in [2.05, 4.69) is 36.6 Å². The summed E-state index contributed by atoms with van der Waals surface area (Å²) in [6, 6.07) is 15.6. The number of ether oxygens (including phenoxy) is 2. The van der Waals surface area contributed by atoms with Crippen molar-refractivity contribution in [3.8, 4) is 11.4 Å². The summed E-state index contributed by atoms with van der Waals surface area (Å²) in [5, 5.41) is 0. The number of hydrogen-bond donors (Lipinski definition) is 0. The smallest absolute Gasteiger partial charge is 0.340 e. The Labute approximate surface area is 212 Å². The fourth-order valence-corrected chi connectivity index (χ4v) is 4.84. The summed E-state index contributed by atoms with van der Waals surface area (Å²) < 4.78 is 12.8. The Morgan fingerprint density at radius 3 is 2.28 bits per heavy atom. The van der Waals surface area contributed by atoms with E-state index >= 15 is 0 Å². The number of hydrogen-bond acceptors (Lipinski definition) is 4. The molecular weight excluding hydrogens is 452 g/mol. The number of aryl methyl sites for hydroxylation is 3. The molecule has 3 aromatic rings. The van der Waals surface area contributed by atoms with Gasteiger partial charge in [0.15, 0.2) is 0 Å². The number of amides is 1. The zero-order chi connectivity index (χ0) is 26.1. The van der Waals surface area contributed by atoms with Crippen LogP contribution in [0.3, 0.4) is 0 Å². The van der Waals surface area contributed by atoms with Crippen molar-refractivity contribution in [2.75, 3.05) is 18.6 Å². The van der Waals surface area contributed by atoms with Gasteiger partial charge in [0.05, 0.1) is 24.9 Å². The molecule has 0 atom stereocenters. The van der Waals surface area contributed by atoms with Crippen LogP contribution in [0.25, 0.3) is 11.8 Å². The highest BCUT2D eigenvalue weighted by Crippen LogP contribution is 2.37. The Kier molecular flexibility index (Phi) is 6.88. The molecular formula is C30H32N2O4. The molecule has 1 aliphatic heterocycles. The van der Waals surface area contributed by atoms with E-state index < -0.39 is 5.97 Å². The summed E-state index contributed by atoms with van der Waals surface area (Å²) in [5.41, 5.74) is 8.18. The van der Waals surface area contributed by atoms with Gasteiger partial charge in [0.25, 0.3) is 5.91 Å². The van der Waals surface area contributed by atoms with Crippen LogP contribution in [0.5, 0.6) is 5.75 Å². The summed E-state index contributed by atoms with van der Waals surface area (Å²) in [4.78, 5) is 28.3. The third kappa shape index (κ3) is 4.35. The second kappa shape index (κ2) is 9.90. The molecule has 0 N–H and O–H groups in total. The first-order valence-corrected chi connectivity index (χ1v) is 12.0. The van der Waals surface area contributed by atoms with Crippen LogP contribution < -0.4 is 9.64 Å². The van der Waals surface area contributed by atoms with E-state index in [9.17, 15) is 9.59 Å². The van der Waals surface area contributed by atoms with Gasteiger partial charge in [-0.15, -0.1) is 0 Å². The number of esters is 1. The van der Waals surface area contributed by atoms with E-state index in [0.29, 0.717) is 22.7 Å². The van der Waals surface area contributed by atoms with E-state index in [1.54, 1.807) is 50.1 Å². The van der Waals surface area contributed by atoms with Gasteiger partial charge < -0.3 is 14.0 Å². The van der Waals surface area contributed by atoms with Gasteiger partial charge in [0.1, 0.15) is 5.75 Å². The first-order chi connectivity index (χ1) is 17.2. The molecule has 1 aliphatic rings. The standard InChI is InChI=1S/C30H32N2O4/c1-8-36-30(34)28-22(6)32(24-10-12-25(35-7)13-11-24)29(33)26(28)17-23-16-20(4)31(21(23)5)27-14-9-18(2)15-19(27)3/h9-17H,8H2,1-7H3/b26-17+. The van der Waals surface area contributed by atoms with E-state index in [-0.39, 0.29) is 18.1 Å². The summed E-state index contributed by atoms with van der Waals surface area (Å²) in [7, 11) is 1.59. The lowest BCUT2D eigenvalue weighted by atomic mass is 10.0. The van der Waals surface area contributed by atoms with Crippen molar-refractivity contribution < 1.29 is 19.1 Å². The van der Waals surface area contributed by atoms with Crippen molar-refractivity contribution in [2.45, 2.75) is 41.5 Å². The molecule has 6 heteroatoms. The fraction of sp³-hybridized carbons (Fsp3) is 0.267. The molecule has 0 aliphatic carbocycles. The number of nitrogens with zero attached hydrogens (tertiary/aromatic N) is 2. The number of methoxy groups -OCH3 is 1. The lowest BCUT2D eigenvalue weighted by molar-refractivity contribution is -0.138. The van der Waals surface area contributed by atoms with Crippen LogP contribution in [0, 0.1) is 27.7 Å². The predicted octanol–water partition coefficient (Wildman–Crippen LogP) is 5.99.